The minimum Gasteiger partial charge on any atom is -0.480 e. The molecule has 0 radical (unpaired) electrons. The van der Waals surface area contributed by atoms with Crippen molar-refractivity contribution in [2.75, 3.05) is 0 Å². The molecule has 1 amide bonds. The van der Waals surface area contributed by atoms with Gasteiger partial charge in [0.2, 0.25) is 0 Å². The van der Waals surface area contributed by atoms with Gasteiger partial charge in [0.1, 0.15) is 11.7 Å². The molecule has 7 heteroatoms. The van der Waals surface area contributed by atoms with Gasteiger partial charge in [-0.15, -0.1) is 0 Å². The Morgan fingerprint density at radius 3 is 2.68 bits per heavy atom. The van der Waals surface area contributed by atoms with Crippen LogP contribution in [0, 0.1) is 5.92 Å². The number of carboxylic acid groups (broad SMARTS) is 1. The average Bonchev–Trinajstić information content (AvgIpc) is 2.89. The minimum atomic E-state index is -0.965. The Balaban J connectivity index is 1.95. The molecular formula is C15H19N3O4. The third-order valence-corrected chi connectivity index (χ3v) is 4.79. The monoisotopic (exact) mass is 305 g/mol. The van der Waals surface area contributed by atoms with Gasteiger partial charge in [-0.05, 0) is 31.2 Å². The molecule has 1 aromatic heterocycles. The van der Waals surface area contributed by atoms with Gasteiger partial charge < -0.3 is 10.0 Å². The first-order valence-electron chi connectivity index (χ1n) is 7.59. The predicted octanol–water partition coefficient (Wildman–Crippen LogP) is 0.638. The summed E-state index contributed by atoms with van der Waals surface area (Å²) in [6, 6.07) is 1.84. The fourth-order valence-electron chi connectivity index (χ4n) is 3.72. The first-order chi connectivity index (χ1) is 10.5. The van der Waals surface area contributed by atoms with Crippen molar-refractivity contribution in [2.24, 2.45) is 13.0 Å². The highest BCUT2D eigenvalue weighted by Crippen LogP contribution is 2.40. The number of hydrogen-bond acceptors (Lipinski definition) is 4. The number of aromatic nitrogens is 2. The minimum absolute atomic E-state index is 0.0265. The Labute approximate surface area is 127 Å². The third-order valence-electron chi connectivity index (χ3n) is 4.79. The second-order valence-electron chi connectivity index (χ2n) is 6.09. The number of fused-ring (bicyclic) bond motifs is 1. The summed E-state index contributed by atoms with van der Waals surface area (Å²) in [6.07, 6.45) is 4.42. The highest BCUT2D eigenvalue weighted by molar-refractivity contribution is 5.95. The molecule has 1 saturated carbocycles. The lowest BCUT2D eigenvalue weighted by molar-refractivity contribution is -0.141. The zero-order valence-corrected chi connectivity index (χ0v) is 12.4. The Kier molecular flexibility index (Phi) is 3.72. The van der Waals surface area contributed by atoms with Gasteiger partial charge in [0.05, 0.1) is 0 Å². The summed E-state index contributed by atoms with van der Waals surface area (Å²) in [5, 5.41) is 13.4. The number of carbonyl (C=O) groups excluding carboxylic acids is 1. The van der Waals surface area contributed by atoms with Crippen LogP contribution in [0.3, 0.4) is 0 Å². The van der Waals surface area contributed by atoms with Gasteiger partial charge in [-0.3, -0.25) is 9.59 Å². The summed E-state index contributed by atoms with van der Waals surface area (Å²) in [7, 11) is 1.47. The number of likely N-dealkylation sites (tertiary alicyclic amines) is 1. The molecule has 22 heavy (non-hydrogen) atoms. The number of nitrogens with zero attached hydrogens (tertiary/aromatic N) is 3. The molecule has 0 bridgehead atoms. The van der Waals surface area contributed by atoms with Crippen molar-refractivity contribution in [1.29, 1.82) is 0 Å². The van der Waals surface area contributed by atoms with Crippen LogP contribution in [0.1, 0.15) is 42.6 Å². The molecule has 2 heterocycles. The van der Waals surface area contributed by atoms with Gasteiger partial charge in [0.25, 0.3) is 11.5 Å². The summed E-state index contributed by atoms with van der Waals surface area (Å²) >= 11 is 0. The molecule has 2 aliphatic rings. The number of amides is 1. The quantitative estimate of drug-likeness (QED) is 0.865. The molecule has 3 atom stereocenters. The van der Waals surface area contributed by atoms with Crippen molar-refractivity contribution < 1.29 is 14.7 Å². The Morgan fingerprint density at radius 2 is 2.00 bits per heavy atom. The molecule has 118 valence electrons. The summed E-state index contributed by atoms with van der Waals surface area (Å²) in [6.45, 7) is 0. The largest absolute Gasteiger partial charge is 0.480 e. The lowest BCUT2D eigenvalue weighted by atomic mass is 9.84. The van der Waals surface area contributed by atoms with E-state index in [0.717, 1.165) is 30.4 Å². The Hall–Kier alpha value is -2.18. The molecule has 1 aromatic rings. The number of rotatable bonds is 2. The van der Waals surface area contributed by atoms with Gasteiger partial charge in [-0.2, -0.15) is 5.10 Å². The zero-order valence-electron chi connectivity index (χ0n) is 12.4. The van der Waals surface area contributed by atoms with Crippen molar-refractivity contribution in [3.8, 4) is 0 Å². The fourth-order valence-corrected chi connectivity index (χ4v) is 3.72. The van der Waals surface area contributed by atoms with Crippen LogP contribution in [0.2, 0.25) is 0 Å². The second-order valence-corrected chi connectivity index (χ2v) is 6.09. The van der Waals surface area contributed by atoms with Crippen molar-refractivity contribution in [2.45, 2.75) is 44.2 Å². The highest BCUT2D eigenvalue weighted by Gasteiger charge is 2.48. The molecule has 1 aliphatic heterocycles. The van der Waals surface area contributed by atoms with Crippen molar-refractivity contribution >= 4 is 11.9 Å². The van der Waals surface area contributed by atoms with E-state index in [0.29, 0.717) is 6.42 Å². The maximum absolute atomic E-state index is 12.8. The van der Waals surface area contributed by atoms with Crippen LogP contribution >= 0.6 is 0 Å². The van der Waals surface area contributed by atoms with Crippen molar-refractivity contribution in [1.82, 2.24) is 14.7 Å². The Bertz CT molecular complexity index is 669. The lowest BCUT2D eigenvalue weighted by Gasteiger charge is -2.32. The van der Waals surface area contributed by atoms with Gasteiger partial charge in [0, 0.05) is 19.2 Å². The molecule has 1 aliphatic carbocycles. The van der Waals surface area contributed by atoms with Crippen LogP contribution in [0.25, 0.3) is 0 Å². The van der Waals surface area contributed by atoms with Gasteiger partial charge >= 0.3 is 5.97 Å². The lowest BCUT2D eigenvalue weighted by Crippen LogP contribution is -2.46. The summed E-state index contributed by atoms with van der Waals surface area (Å²) < 4.78 is 1.09. The summed E-state index contributed by atoms with van der Waals surface area (Å²) in [5.74, 6) is -1.10. The average molecular weight is 305 g/mol. The second kappa shape index (κ2) is 5.55. The van der Waals surface area contributed by atoms with E-state index in [1.54, 1.807) is 0 Å². The fraction of sp³-hybridized carbons (Fsp3) is 0.600. The maximum Gasteiger partial charge on any atom is 0.326 e. The molecule has 1 saturated heterocycles. The molecule has 0 aromatic carbocycles. The maximum atomic E-state index is 12.8. The van der Waals surface area contributed by atoms with Crippen LogP contribution in [0.15, 0.2) is 16.9 Å². The van der Waals surface area contributed by atoms with Crippen molar-refractivity contribution in [3.63, 3.8) is 0 Å². The Morgan fingerprint density at radius 1 is 1.27 bits per heavy atom. The molecular weight excluding hydrogens is 286 g/mol. The normalized spacial score (nSPS) is 27.5. The first kappa shape index (κ1) is 14.7. The van der Waals surface area contributed by atoms with Gasteiger partial charge in [-0.25, -0.2) is 9.48 Å². The molecule has 3 rings (SSSR count). The van der Waals surface area contributed by atoms with Crippen LogP contribution in [-0.4, -0.2) is 43.7 Å². The smallest absolute Gasteiger partial charge is 0.326 e. The number of carbonyl (C=O) groups is 2. The van der Waals surface area contributed by atoms with E-state index in [2.05, 4.69) is 5.10 Å². The molecule has 7 nitrogen and oxygen atoms in total. The number of aryl methyl sites for hydroxylation is 1. The van der Waals surface area contributed by atoms with E-state index in [-0.39, 0.29) is 23.2 Å². The van der Waals surface area contributed by atoms with Crippen molar-refractivity contribution in [3.05, 3.63) is 28.2 Å². The van der Waals surface area contributed by atoms with E-state index < -0.39 is 17.9 Å². The van der Waals surface area contributed by atoms with E-state index in [9.17, 15) is 19.5 Å². The topological polar surface area (TPSA) is 92.5 Å². The van der Waals surface area contributed by atoms with E-state index in [1.807, 2.05) is 0 Å². The number of carboxylic acids is 1. The molecule has 1 N–H and O–H groups in total. The highest BCUT2D eigenvalue weighted by atomic mass is 16.4. The third kappa shape index (κ3) is 2.40. The summed E-state index contributed by atoms with van der Waals surface area (Å²) in [5.41, 5.74) is -0.178. The first-order valence-corrected chi connectivity index (χ1v) is 7.59. The van der Waals surface area contributed by atoms with Crippen LogP contribution < -0.4 is 5.56 Å². The number of hydrogen-bond donors (Lipinski definition) is 1. The number of aliphatic carboxylic acids is 1. The van der Waals surface area contributed by atoms with Gasteiger partial charge in [-0.1, -0.05) is 12.8 Å². The van der Waals surface area contributed by atoms with E-state index in [1.165, 1.54) is 24.1 Å². The van der Waals surface area contributed by atoms with E-state index in [4.69, 9.17) is 0 Å². The van der Waals surface area contributed by atoms with E-state index >= 15 is 0 Å². The van der Waals surface area contributed by atoms with Gasteiger partial charge in [0.15, 0.2) is 0 Å². The predicted molar refractivity (Wildman–Crippen MR) is 77.4 cm³/mol. The zero-order chi connectivity index (χ0) is 15.9. The van der Waals surface area contributed by atoms with Crippen LogP contribution in [0.5, 0.6) is 0 Å². The molecule has 0 spiro atoms. The SMILES string of the molecule is Cn1nc(C(=O)N2[C@@H]3CCCC[C@@H]3C[C@H]2C(=O)O)ccc1=O. The molecule has 2 fully saturated rings. The molecule has 0 unspecified atom stereocenters. The van der Waals surface area contributed by atoms with Crippen LogP contribution in [-0.2, 0) is 11.8 Å². The van der Waals surface area contributed by atoms with Crippen LogP contribution in [0.4, 0.5) is 0 Å². The summed E-state index contributed by atoms with van der Waals surface area (Å²) in [4.78, 5) is 37.2. The standard InChI is InChI=1S/C15H19N3O4/c1-17-13(19)7-6-10(16-17)14(20)18-11-5-3-2-4-9(11)8-12(18)15(21)22/h6-7,9,11-12H,2-5,8H2,1H3,(H,21,22)/t9-,11-,12+/m1/s1.